The maximum Gasteiger partial charge on any atom is 0.0323 e. The molecule has 3 atom stereocenters. The van der Waals surface area contributed by atoms with Crippen molar-refractivity contribution in [1.29, 1.82) is 0 Å². The summed E-state index contributed by atoms with van der Waals surface area (Å²) in [4.78, 5) is 5.48. The predicted octanol–water partition coefficient (Wildman–Crippen LogP) is 3.87. The van der Waals surface area contributed by atoms with Crippen LogP contribution in [0.25, 0.3) is 0 Å². The molecule has 0 N–H and O–H groups in total. The highest BCUT2D eigenvalue weighted by Crippen LogP contribution is 2.45. The number of fused-ring (bicyclic) bond motifs is 2. The Morgan fingerprint density at radius 3 is 2.13 bits per heavy atom. The molecule has 5 rings (SSSR count). The second kappa shape index (κ2) is 5.60. The summed E-state index contributed by atoms with van der Waals surface area (Å²) in [7, 11) is 2.36. The van der Waals surface area contributed by atoms with Gasteiger partial charge in [0.15, 0.2) is 0 Å². The van der Waals surface area contributed by atoms with E-state index in [9.17, 15) is 0 Å². The maximum atomic E-state index is 2.81. The third kappa shape index (κ3) is 2.64. The van der Waals surface area contributed by atoms with Crippen LogP contribution in [0.15, 0.2) is 24.3 Å². The van der Waals surface area contributed by atoms with E-state index in [0.29, 0.717) is 0 Å². The summed E-state index contributed by atoms with van der Waals surface area (Å²) in [5.74, 6) is 1.67. The van der Waals surface area contributed by atoms with Crippen LogP contribution in [-0.4, -0.2) is 48.6 Å². The molecule has 2 nitrogen and oxygen atoms in total. The fourth-order valence-electron chi connectivity index (χ4n) is 5.42. The Bertz CT molecular complexity index is 548. The summed E-state index contributed by atoms with van der Waals surface area (Å²) in [5.41, 5.74) is 3.28. The van der Waals surface area contributed by atoms with Gasteiger partial charge in [-0.3, -0.25) is 4.90 Å². The Morgan fingerprint density at radius 1 is 0.870 bits per heavy atom. The van der Waals surface area contributed by atoms with Gasteiger partial charge in [-0.25, -0.2) is 0 Å². The summed E-state index contributed by atoms with van der Waals surface area (Å²) >= 11 is 0. The molecule has 0 aliphatic carbocycles. The van der Waals surface area contributed by atoms with E-state index in [2.05, 4.69) is 61.9 Å². The van der Waals surface area contributed by atoms with E-state index in [4.69, 9.17) is 0 Å². The van der Waals surface area contributed by atoms with Crippen LogP contribution in [0, 0.1) is 5.92 Å². The van der Waals surface area contributed by atoms with E-state index in [1.807, 2.05) is 0 Å². The second-order valence-corrected chi connectivity index (χ2v) is 9.10. The highest BCUT2D eigenvalue weighted by molar-refractivity contribution is 5.31. The Morgan fingerprint density at radius 2 is 1.52 bits per heavy atom. The minimum Gasteiger partial charge on any atom is -0.302 e. The van der Waals surface area contributed by atoms with E-state index in [1.54, 1.807) is 5.56 Å². The summed E-state index contributed by atoms with van der Waals surface area (Å²) in [6, 6.07) is 11.1. The Balaban J connectivity index is 1.63. The molecule has 23 heavy (non-hydrogen) atoms. The molecular formula is C21H32N2. The zero-order chi connectivity index (χ0) is 16.2. The van der Waals surface area contributed by atoms with Crippen LogP contribution in [0.2, 0.25) is 0 Å². The smallest absolute Gasteiger partial charge is 0.0323 e. The molecule has 0 aromatic heterocycles. The zero-order valence-corrected chi connectivity index (χ0v) is 15.3. The highest BCUT2D eigenvalue weighted by Gasteiger charge is 2.49. The number of likely N-dealkylation sites (tertiary alicyclic amines) is 1. The lowest BCUT2D eigenvalue weighted by Gasteiger charge is -2.59. The molecule has 0 saturated carbocycles. The number of hydrogen-bond acceptors (Lipinski definition) is 2. The van der Waals surface area contributed by atoms with Crippen LogP contribution in [0.3, 0.4) is 0 Å². The first kappa shape index (κ1) is 15.7. The van der Waals surface area contributed by atoms with Crippen LogP contribution < -0.4 is 0 Å². The van der Waals surface area contributed by atoms with Crippen LogP contribution in [0.5, 0.6) is 0 Å². The van der Waals surface area contributed by atoms with Gasteiger partial charge in [0, 0.05) is 18.0 Å². The van der Waals surface area contributed by atoms with Crippen LogP contribution in [0.1, 0.15) is 57.1 Å². The normalized spacial score (nSPS) is 37.7. The first-order valence-electron chi connectivity index (χ1n) is 9.50. The first-order chi connectivity index (χ1) is 10.9. The van der Waals surface area contributed by atoms with Crippen LogP contribution >= 0.6 is 0 Å². The molecule has 2 heteroatoms. The van der Waals surface area contributed by atoms with Gasteiger partial charge in [-0.05, 0) is 68.4 Å². The fourth-order valence-corrected chi connectivity index (χ4v) is 5.42. The largest absolute Gasteiger partial charge is 0.302 e. The Labute approximate surface area is 141 Å². The molecule has 4 aliphatic heterocycles. The molecule has 4 heterocycles. The van der Waals surface area contributed by atoms with Crippen molar-refractivity contribution in [3.05, 3.63) is 35.4 Å². The molecular weight excluding hydrogens is 280 g/mol. The highest BCUT2D eigenvalue weighted by atomic mass is 15.3. The second-order valence-electron chi connectivity index (χ2n) is 9.10. The minimum absolute atomic E-state index is 0.251. The monoisotopic (exact) mass is 312 g/mol. The lowest BCUT2D eigenvalue weighted by molar-refractivity contribution is -0.0684. The molecule has 0 spiro atoms. The summed E-state index contributed by atoms with van der Waals surface area (Å²) < 4.78 is 0. The molecule has 0 radical (unpaired) electrons. The molecule has 4 aliphatic rings. The number of benzene rings is 1. The van der Waals surface area contributed by atoms with Crippen molar-refractivity contribution in [2.75, 3.05) is 26.7 Å². The fraction of sp³-hybridized carbons (Fsp3) is 0.714. The van der Waals surface area contributed by atoms with Gasteiger partial charge >= 0.3 is 0 Å². The van der Waals surface area contributed by atoms with Gasteiger partial charge in [0.1, 0.15) is 0 Å². The van der Waals surface area contributed by atoms with Gasteiger partial charge in [-0.1, -0.05) is 45.0 Å². The van der Waals surface area contributed by atoms with Crippen molar-refractivity contribution in [1.82, 2.24) is 9.80 Å². The van der Waals surface area contributed by atoms with Crippen molar-refractivity contribution in [2.45, 2.75) is 63.5 Å². The average Bonchev–Trinajstić information content (AvgIpc) is 2.55. The van der Waals surface area contributed by atoms with E-state index >= 15 is 0 Å². The van der Waals surface area contributed by atoms with Crippen molar-refractivity contribution in [3.8, 4) is 0 Å². The van der Waals surface area contributed by atoms with E-state index in [-0.39, 0.29) is 5.41 Å². The predicted molar refractivity (Wildman–Crippen MR) is 97.0 cm³/mol. The van der Waals surface area contributed by atoms with Crippen molar-refractivity contribution in [2.24, 2.45) is 5.92 Å². The molecule has 1 aromatic carbocycles. The van der Waals surface area contributed by atoms with Crippen molar-refractivity contribution < 1.29 is 0 Å². The van der Waals surface area contributed by atoms with Gasteiger partial charge in [0.05, 0.1) is 0 Å². The van der Waals surface area contributed by atoms with Gasteiger partial charge in [-0.15, -0.1) is 0 Å². The number of piperidine rings is 4. The summed E-state index contributed by atoms with van der Waals surface area (Å²) in [6.07, 6.45) is 4.15. The average molecular weight is 313 g/mol. The molecule has 2 bridgehead atoms. The van der Waals surface area contributed by atoms with Gasteiger partial charge in [0.25, 0.3) is 0 Å². The molecule has 0 amide bonds. The topological polar surface area (TPSA) is 6.48 Å². The van der Waals surface area contributed by atoms with E-state index < -0.39 is 0 Å². The van der Waals surface area contributed by atoms with Crippen molar-refractivity contribution >= 4 is 0 Å². The van der Waals surface area contributed by atoms with Crippen LogP contribution in [0.4, 0.5) is 0 Å². The lowest BCUT2D eigenvalue weighted by Crippen LogP contribution is -2.67. The lowest BCUT2D eigenvalue weighted by atomic mass is 9.68. The Hall–Kier alpha value is -0.860. The van der Waals surface area contributed by atoms with E-state index in [0.717, 1.165) is 23.9 Å². The zero-order valence-electron chi connectivity index (χ0n) is 15.3. The van der Waals surface area contributed by atoms with Crippen LogP contribution in [-0.2, 0) is 5.41 Å². The van der Waals surface area contributed by atoms with Gasteiger partial charge < -0.3 is 4.90 Å². The SMILES string of the molecule is CN1CCC(c2ccc(C(C)(C)C)cc2)C2C1C1CCN2CC1. The third-order valence-corrected chi connectivity index (χ3v) is 6.75. The third-order valence-electron chi connectivity index (χ3n) is 6.75. The number of hydrogen-bond donors (Lipinski definition) is 0. The molecule has 4 saturated heterocycles. The minimum atomic E-state index is 0.251. The number of likely N-dealkylation sites (N-methyl/N-ethyl adjacent to an activating group) is 1. The molecule has 1 aromatic rings. The summed E-state index contributed by atoms with van der Waals surface area (Å²) in [5, 5.41) is 0. The molecule has 3 unspecified atom stereocenters. The van der Waals surface area contributed by atoms with E-state index in [1.165, 1.54) is 44.5 Å². The van der Waals surface area contributed by atoms with Gasteiger partial charge in [-0.2, -0.15) is 0 Å². The summed E-state index contributed by atoms with van der Waals surface area (Å²) in [6.45, 7) is 10.8. The standard InChI is InChI=1S/C21H32N2/c1-21(2,3)17-7-5-15(6-8-17)18-11-12-22(4)19-16-9-13-23(14-10-16)20(18)19/h5-8,16,18-20H,9-14H2,1-4H3. The van der Waals surface area contributed by atoms with Gasteiger partial charge in [0.2, 0.25) is 0 Å². The quantitative estimate of drug-likeness (QED) is 0.777. The first-order valence-corrected chi connectivity index (χ1v) is 9.50. The molecule has 126 valence electrons. The maximum absolute atomic E-state index is 2.81. The number of nitrogens with zero attached hydrogens (tertiary/aromatic N) is 2. The molecule has 4 fully saturated rings. The Kier molecular flexibility index (Phi) is 3.81. The van der Waals surface area contributed by atoms with Crippen molar-refractivity contribution in [3.63, 3.8) is 0 Å². The number of rotatable bonds is 1.